The predicted molar refractivity (Wildman–Crippen MR) is 151 cm³/mol. The summed E-state index contributed by atoms with van der Waals surface area (Å²) in [6, 6.07) is 2.59. The maximum absolute atomic E-state index is 14.4. The number of anilines is 3. The van der Waals surface area contributed by atoms with Gasteiger partial charge in [-0.15, -0.1) is 11.3 Å². The van der Waals surface area contributed by atoms with Gasteiger partial charge in [-0.2, -0.15) is 20.2 Å². The van der Waals surface area contributed by atoms with Crippen molar-refractivity contribution in [3.8, 4) is 12.1 Å². The van der Waals surface area contributed by atoms with Crippen LogP contribution in [0.1, 0.15) is 67.9 Å². The van der Waals surface area contributed by atoms with Crippen LogP contribution in [0.4, 0.5) is 21.3 Å². The topological polar surface area (TPSA) is 128 Å². The molecule has 0 bridgehead atoms. The van der Waals surface area contributed by atoms with Gasteiger partial charge in [0.25, 0.3) is 0 Å². The van der Waals surface area contributed by atoms with E-state index >= 15 is 0 Å². The molecule has 6 heterocycles. The summed E-state index contributed by atoms with van der Waals surface area (Å²) in [5, 5.41) is 21.3. The van der Waals surface area contributed by atoms with Crippen LogP contribution < -0.4 is 20.3 Å². The van der Waals surface area contributed by atoms with Gasteiger partial charge in [0.15, 0.2) is 0 Å². The van der Waals surface area contributed by atoms with Crippen LogP contribution in [-0.4, -0.2) is 88.1 Å². The van der Waals surface area contributed by atoms with E-state index in [1.165, 1.54) is 4.88 Å². The van der Waals surface area contributed by atoms with Crippen LogP contribution in [-0.2, 0) is 11.8 Å². The molecule has 3 atom stereocenters. The minimum absolute atomic E-state index is 0.113. The Morgan fingerprint density at radius 2 is 1.90 bits per heavy atom. The lowest BCUT2D eigenvalue weighted by molar-refractivity contribution is 0.0609. The summed E-state index contributed by atoms with van der Waals surface area (Å²) >= 11 is 1.54. The number of nitrogen functional groups attached to an aromatic ring is 1. The fourth-order valence-electron chi connectivity index (χ4n) is 7.84. The van der Waals surface area contributed by atoms with Crippen LogP contribution in [0.15, 0.2) is 0 Å². The molecule has 1 spiro atoms. The van der Waals surface area contributed by atoms with E-state index in [-0.39, 0.29) is 17.0 Å². The molecule has 2 aromatic heterocycles. The van der Waals surface area contributed by atoms with Gasteiger partial charge in [0.05, 0.1) is 16.7 Å². The minimum Gasteiger partial charge on any atom is -0.461 e. The third-order valence-corrected chi connectivity index (χ3v) is 10.9. The highest BCUT2D eigenvalue weighted by molar-refractivity contribution is 7.16. The molecule has 0 aromatic carbocycles. The van der Waals surface area contributed by atoms with Gasteiger partial charge in [0.2, 0.25) is 11.9 Å². The highest BCUT2D eigenvalue weighted by atomic mass is 32.1. The van der Waals surface area contributed by atoms with Gasteiger partial charge in [-0.05, 0) is 64.0 Å². The zero-order valence-corrected chi connectivity index (χ0v) is 23.8. The lowest BCUT2D eigenvalue weighted by Gasteiger charge is -2.48. The van der Waals surface area contributed by atoms with E-state index in [0.717, 1.165) is 63.6 Å². The number of halogens is 1. The molecule has 0 amide bonds. The van der Waals surface area contributed by atoms with Crippen LogP contribution in [0.5, 0.6) is 6.01 Å². The van der Waals surface area contributed by atoms with Gasteiger partial charge >= 0.3 is 6.01 Å². The second-order valence-corrected chi connectivity index (χ2v) is 14.0. The number of hydrogen-bond donors (Lipinski definition) is 2. The summed E-state index contributed by atoms with van der Waals surface area (Å²) in [5.41, 5.74) is 6.68. The number of rotatable bonds is 5. The maximum atomic E-state index is 14.4. The van der Waals surface area contributed by atoms with E-state index in [9.17, 15) is 14.8 Å². The minimum atomic E-state index is -0.832. The first-order chi connectivity index (χ1) is 19.2. The first kappa shape index (κ1) is 26.2. The Balaban J connectivity index is 1.17. The molecule has 5 aliphatic rings. The largest absolute Gasteiger partial charge is 0.461 e. The molecule has 1 aliphatic carbocycles. The Morgan fingerprint density at radius 3 is 2.70 bits per heavy atom. The maximum Gasteiger partial charge on any atom is 0.323 e. The second kappa shape index (κ2) is 9.39. The van der Waals surface area contributed by atoms with Crippen molar-refractivity contribution in [1.29, 1.82) is 5.26 Å². The molecule has 40 heavy (non-hydrogen) atoms. The third kappa shape index (κ3) is 4.28. The summed E-state index contributed by atoms with van der Waals surface area (Å²) in [4.78, 5) is 22.0. The third-order valence-electron chi connectivity index (χ3n) is 9.78. The van der Waals surface area contributed by atoms with Crippen molar-refractivity contribution in [2.24, 2.45) is 0 Å². The molecule has 4 aliphatic heterocycles. The van der Waals surface area contributed by atoms with Gasteiger partial charge in [-0.1, -0.05) is 0 Å². The molecular formula is C28H37FN8O2S. The highest BCUT2D eigenvalue weighted by Crippen LogP contribution is 2.52. The number of aromatic nitrogens is 3. The summed E-state index contributed by atoms with van der Waals surface area (Å²) in [7, 11) is 0. The zero-order chi connectivity index (χ0) is 27.7. The Hall–Kier alpha value is -2.75. The molecule has 7 rings (SSSR count). The average Bonchev–Trinajstić information content (AvgIpc) is 3.58. The number of nitrogens with zero attached hydrogens (tertiary/aromatic N) is 7. The first-order valence-corrected chi connectivity index (χ1v) is 15.3. The number of alkyl halides is 1. The van der Waals surface area contributed by atoms with E-state index in [1.54, 1.807) is 11.3 Å². The van der Waals surface area contributed by atoms with Crippen LogP contribution >= 0.6 is 11.3 Å². The van der Waals surface area contributed by atoms with Gasteiger partial charge < -0.3 is 25.4 Å². The summed E-state index contributed by atoms with van der Waals surface area (Å²) in [6.45, 7) is 6.16. The summed E-state index contributed by atoms with van der Waals surface area (Å²) in [5.74, 6) is 1.04. The molecular weight excluding hydrogens is 531 g/mol. The van der Waals surface area contributed by atoms with Crippen molar-refractivity contribution in [2.75, 3.05) is 61.4 Å². The Labute approximate surface area is 238 Å². The molecule has 4 saturated heterocycles. The normalized spacial score (nSPS) is 31.1. The molecule has 10 nitrogen and oxygen atoms in total. The van der Waals surface area contributed by atoms with Crippen molar-refractivity contribution in [3.63, 3.8) is 0 Å². The number of β-amino-alcohol motifs (C(OH)–C–C–N with tert-alkyl or cyclic N) is 1. The van der Waals surface area contributed by atoms with Crippen molar-refractivity contribution in [1.82, 2.24) is 19.9 Å². The van der Waals surface area contributed by atoms with Gasteiger partial charge in [-0.3, -0.25) is 4.90 Å². The monoisotopic (exact) mass is 568 g/mol. The summed E-state index contributed by atoms with van der Waals surface area (Å²) in [6.07, 6.45) is 6.14. The first-order valence-electron chi connectivity index (χ1n) is 14.5. The van der Waals surface area contributed by atoms with E-state index in [1.807, 2.05) is 11.8 Å². The fourth-order valence-corrected chi connectivity index (χ4v) is 8.98. The second-order valence-electron chi connectivity index (χ2n) is 12.8. The van der Waals surface area contributed by atoms with E-state index in [4.69, 9.17) is 25.4 Å². The number of nitrogens with two attached hydrogens (primary N) is 1. The highest BCUT2D eigenvalue weighted by Gasteiger charge is 2.52. The van der Waals surface area contributed by atoms with Crippen LogP contribution in [0, 0.1) is 11.3 Å². The Kier molecular flexibility index (Phi) is 6.14. The number of hydrogen-bond acceptors (Lipinski definition) is 11. The van der Waals surface area contributed by atoms with Gasteiger partial charge in [0.1, 0.15) is 23.8 Å². The van der Waals surface area contributed by atoms with Crippen LogP contribution in [0.25, 0.3) is 0 Å². The number of nitriles is 1. The molecule has 1 unspecified atom stereocenters. The molecule has 2 aromatic rings. The number of fused-ring (bicyclic) bond motifs is 3. The number of aliphatic hydroxyl groups is 1. The predicted octanol–water partition coefficient (Wildman–Crippen LogP) is 2.79. The average molecular weight is 569 g/mol. The van der Waals surface area contributed by atoms with Crippen molar-refractivity contribution in [3.05, 3.63) is 16.0 Å². The Bertz CT molecular complexity index is 1350. The SMILES string of the molecule is CC1(O)CCCCN(c2nc(OC[C@@]34CCCN3C[C@H](F)C4)nc(N3CC4(CCc5sc(N)c(C#N)c54)C3)n2)C1. The lowest BCUT2D eigenvalue weighted by atomic mass is 9.74. The smallest absolute Gasteiger partial charge is 0.323 e. The quantitative estimate of drug-likeness (QED) is 0.556. The van der Waals surface area contributed by atoms with E-state index < -0.39 is 11.8 Å². The number of aryl methyl sites for hydroxylation is 1. The van der Waals surface area contributed by atoms with E-state index in [0.29, 0.717) is 61.7 Å². The van der Waals surface area contributed by atoms with Crippen molar-refractivity contribution < 1.29 is 14.2 Å². The van der Waals surface area contributed by atoms with E-state index in [2.05, 4.69) is 15.9 Å². The molecule has 3 N–H and O–H groups in total. The Morgan fingerprint density at radius 1 is 1.10 bits per heavy atom. The molecule has 12 heteroatoms. The molecule has 4 fully saturated rings. The molecule has 214 valence electrons. The zero-order valence-electron chi connectivity index (χ0n) is 23.0. The van der Waals surface area contributed by atoms with Crippen molar-refractivity contribution >= 4 is 28.2 Å². The summed E-state index contributed by atoms with van der Waals surface area (Å²) < 4.78 is 20.6. The fraction of sp³-hybridized carbons (Fsp3) is 0.714. The molecule has 0 saturated carbocycles. The van der Waals surface area contributed by atoms with Gasteiger partial charge in [-0.25, -0.2) is 4.39 Å². The lowest BCUT2D eigenvalue weighted by Crippen LogP contribution is -2.59. The van der Waals surface area contributed by atoms with Crippen molar-refractivity contribution in [2.45, 2.75) is 81.0 Å². The van der Waals surface area contributed by atoms with Gasteiger partial charge in [0, 0.05) is 49.4 Å². The molecule has 0 radical (unpaired) electrons. The standard InChI is InChI=1S/C28H37FN8O2S/c1-26(38)6-2-3-9-35(14-26)23-32-24(34-25(33-23)39-17-28-7-4-10-37(28)13-18(29)11-28)36-15-27(16-36)8-5-20-21(27)19(12-30)22(31)40-20/h18,38H,2-11,13-17,31H2,1H3/t18-,26?,28+/m1/s1. The number of thiophene rings is 1. The number of ether oxygens (including phenoxy) is 1. The van der Waals surface area contributed by atoms with Crippen LogP contribution in [0.2, 0.25) is 0 Å². The van der Waals surface area contributed by atoms with Crippen LogP contribution in [0.3, 0.4) is 0 Å².